The Morgan fingerprint density at radius 2 is 1.93 bits per heavy atom. The van der Waals surface area contributed by atoms with Crippen molar-refractivity contribution in [1.82, 2.24) is 14.9 Å². The summed E-state index contributed by atoms with van der Waals surface area (Å²) in [7, 11) is 0. The molecule has 1 heterocycles. The zero-order valence-corrected chi connectivity index (χ0v) is 15.6. The van der Waals surface area contributed by atoms with Crippen LogP contribution in [0.15, 0.2) is 66.7 Å². The van der Waals surface area contributed by atoms with E-state index < -0.39 is 0 Å². The van der Waals surface area contributed by atoms with Crippen molar-refractivity contribution in [3.8, 4) is 5.75 Å². The first kappa shape index (κ1) is 18.7. The van der Waals surface area contributed by atoms with Crippen molar-refractivity contribution in [2.45, 2.75) is 26.3 Å². The number of aryl methyl sites for hydroxylation is 1. The lowest BCUT2D eigenvalue weighted by Gasteiger charge is -2.11. The zero-order chi connectivity index (χ0) is 18.9. The lowest BCUT2D eigenvalue weighted by molar-refractivity contribution is -0.116. The van der Waals surface area contributed by atoms with Crippen LogP contribution in [0.25, 0.3) is 11.0 Å². The van der Waals surface area contributed by atoms with Crippen LogP contribution in [0.1, 0.15) is 19.2 Å². The summed E-state index contributed by atoms with van der Waals surface area (Å²) in [6, 6.07) is 18.0. The largest absolute Gasteiger partial charge is 0.492 e. The third-order valence-electron chi connectivity index (χ3n) is 4.25. The molecule has 0 bridgehead atoms. The Morgan fingerprint density at radius 1 is 1.15 bits per heavy atom. The molecule has 0 aliphatic carbocycles. The van der Waals surface area contributed by atoms with E-state index in [-0.39, 0.29) is 5.91 Å². The van der Waals surface area contributed by atoms with Gasteiger partial charge in [-0.3, -0.25) is 4.79 Å². The molecule has 0 aliphatic rings. The summed E-state index contributed by atoms with van der Waals surface area (Å²) < 4.78 is 8.07. The number of allylic oxidation sites excluding steroid dienone is 1. The first-order valence-corrected chi connectivity index (χ1v) is 9.30. The second-order valence-electron chi connectivity index (χ2n) is 6.22. The minimum absolute atomic E-state index is 0.0535. The Labute approximate surface area is 159 Å². The summed E-state index contributed by atoms with van der Waals surface area (Å²) in [5.74, 6) is 1.84. The molecule has 3 rings (SSSR count). The topological polar surface area (TPSA) is 56.2 Å². The van der Waals surface area contributed by atoms with E-state index in [0.717, 1.165) is 42.0 Å². The van der Waals surface area contributed by atoms with E-state index in [2.05, 4.69) is 16.0 Å². The highest BCUT2D eigenvalue weighted by atomic mass is 16.5. The number of amides is 1. The number of nitrogens with one attached hydrogen (secondary N) is 1. The molecular formula is C22H25N3O2. The molecule has 5 heteroatoms. The number of carbonyl (C=O) groups excluding carboxylic acids is 1. The number of imidazole rings is 1. The van der Waals surface area contributed by atoms with Gasteiger partial charge in [0.05, 0.1) is 17.6 Å². The third kappa shape index (κ3) is 5.20. The molecule has 1 N–H and O–H groups in total. The van der Waals surface area contributed by atoms with Gasteiger partial charge in [-0.25, -0.2) is 4.98 Å². The summed E-state index contributed by atoms with van der Waals surface area (Å²) in [4.78, 5) is 16.3. The Bertz CT molecular complexity index is 900. The Hall–Kier alpha value is -3.08. The van der Waals surface area contributed by atoms with Crippen LogP contribution in [-0.4, -0.2) is 28.6 Å². The number of hydrogen-bond donors (Lipinski definition) is 1. The molecule has 2 aromatic carbocycles. The second kappa shape index (κ2) is 9.57. The number of nitrogens with zero attached hydrogens (tertiary/aromatic N) is 2. The molecule has 140 valence electrons. The van der Waals surface area contributed by atoms with Crippen LogP contribution in [0, 0.1) is 0 Å². The van der Waals surface area contributed by atoms with E-state index >= 15 is 0 Å². The number of aromatic nitrogens is 2. The van der Waals surface area contributed by atoms with Crippen LogP contribution in [0.3, 0.4) is 0 Å². The highest BCUT2D eigenvalue weighted by Gasteiger charge is 2.10. The fraction of sp³-hybridized carbons (Fsp3) is 0.273. The summed E-state index contributed by atoms with van der Waals surface area (Å²) in [6.07, 6.45) is 4.92. The molecule has 3 aromatic rings. The van der Waals surface area contributed by atoms with E-state index in [4.69, 9.17) is 9.72 Å². The molecule has 0 atom stereocenters. The van der Waals surface area contributed by atoms with Crippen LogP contribution in [0.4, 0.5) is 0 Å². The first-order valence-electron chi connectivity index (χ1n) is 9.30. The van der Waals surface area contributed by atoms with Gasteiger partial charge in [-0.1, -0.05) is 36.4 Å². The van der Waals surface area contributed by atoms with Gasteiger partial charge in [-0.15, -0.1) is 0 Å². The average molecular weight is 363 g/mol. The molecule has 0 fully saturated rings. The van der Waals surface area contributed by atoms with Crippen molar-refractivity contribution in [3.05, 3.63) is 72.6 Å². The summed E-state index contributed by atoms with van der Waals surface area (Å²) in [6.45, 7) is 3.78. The molecule has 1 aromatic heterocycles. The van der Waals surface area contributed by atoms with E-state index in [1.54, 1.807) is 6.08 Å². The van der Waals surface area contributed by atoms with Crippen molar-refractivity contribution in [2.75, 3.05) is 13.2 Å². The predicted molar refractivity (Wildman–Crippen MR) is 108 cm³/mol. The van der Waals surface area contributed by atoms with Gasteiger partial charge in [-0.05, 0) is 43.7 Å². The predicted octanol–water partition coefficient (Wildman–Crippen LogP) is 3.74. The van der Waals surface area contributed by atoms with Crippen molar-refractivity contribution < 1.29 is 9.53 Å². The van der Waals surface area contributed by atoms with Gasteiger partial charge < -0.3 is 14.6 Å². The highest BCUT2D eigenvalue weighted by molar-refractivity contribution is 5.87. The van der Waals surface area contributed by atoms with Gasteiger partial charge >= 0.3 is 0 Å². The number of fused-ring (bicyclic) bond motifs is 1. The molecular weight excluding hydrogens is 338 g/mol. The minimum atomic E-state index is -0.0535. The van der Waals surface area contributed by atoms with Gasteiger partial charge in [0.15, 0.2) is 0 Å². The smallest absolute Gasteiger partial charge is 0.243 e. The van der Waals surface area contributed by atoms with Gasteiger partial charge in [0.1, 0.15) is 18.2 Å². The molecule has 0 radical (unpaired) electrons. The maximum absolute atomic E-state index is 11.5. The standard InChI is InChI=1S/C22H25N3O2/c1-2-9-22(26)23-15-8-14-21-24-19-12-6-7-13-20(19)25(21)16-17-27-18-10-4-3-5-11-18/h2-7,9-13H,8,14-17H2,1H3,(H,23,26)/b9-2-. The quantitative estimate of drug-likeness (QED) is 0.465. The molecule has 1 amide bonds. The number of rotatable bonds is 9. The number of para-hydroxylation sites is 3. The Kier molecular flexibility index (Phi) is 6.63. The maximum Gasteiger partial charge on any atom is 0.243 e. The molecule has 0 unspecified atom stereocenters. The first-order chi connectivity index (χ1) is 13.3. The van der Waals surface area contributed by atoms with E-state index in [9.17, 15) is 4.79 Å². The van der Waals surface area contributed by atoms with E-state index in [1.807, 2.05) is 55.5 Å². The zero-order valence-electron chi connectivity index (χ0n) is 15.6. The number of benzene rings is 2. The van der Waals surface area contributed by atoms with Crippen molar-refractivity contribution in [2.24, 2.45) is 0 Å². The minimum Gasteiger partial charge on any atom is -0.492 e. The monoisotopic (exact) mass is 363 g/mol. The van der Waals surface area contributed by atoms with Crippen LogP contribution < -0.4 is 10.1 Å². The second-order valence-corrected chi connectivity index (χ2v) is 6.22. The molecule has 0 spiro atoms. The molecule has 0 saturated carbocycles. The number of hydrogen-bond acceptors (Lipinski definition) is 3. The van der Waals surface area contributed by atoms with E-state index in [0.29, 0.717) is 13.2 Å². The van der Waals surface area contributed by atoms with E-state index in [1.165, 1.54) is 6.08 Å². The molecule has 27 heavy (non-hydrogen) atoms. The van der Waals surface area contributed by atoms with Gasteiger partial charge in [0.2, 0.25) is 5.91 Å². The van der Waals surface area contributed by atoms with Gasteiger partial charge in [-0.2, -0.15) is 0 Å². The van der Waals surface area contributed by atoms with Crippen LogP contribution >= 0.6 is 0 Å². The summed E-state index contributed by atoms with van der Waals surface area (Å²) in [5, 5.41) is 2.88. The van der Waals surface area contributed by atoms with Gasteiger partial charge in [0, 0.05) is 13.0 Å². The Balaban J connectivity index is 1.63. The molecule has 0 aliphatic heterocycles. The fourth-order valence-corrected chi connectivity index (χ4v) is 3.01. The summed E-state index contributed by atoms with van der Waals surface area (Å²) >= 11 is 0. The van der Waals surface area contributed by atoms with Crippen molar-refractivity contribution in [1.29, 1.82) is 0 Å². The normalized spacial score (nSPS) is 11.1. The van der Waals surface area contributed by atoms with Gasteiger partial charge in [0.25, 0.3) is 0 Å². The molecule has 5 nitrogen and oxygen atoms in total. The highest BCUT2D eigenvalue weighted by Crippen LogP contribution is 2.17. The number of ether oxygens (including phenoxy) is 1. The van der Waals surface area contributed by atoms with Crippen LogP contribution in [-0.2, 0) is 17.8 Å². The molecule has 0 saturated heterocycles. The maximum atomic E-state index is 11.5. The lowest BCUT2D eigenvalue weighted by Crippen LogP contribution is -2.22. The number of carbonyl (C=O) groups is 1. The lowest BCUT2D eigenvalue weighted by atomic mass is 10.3. The SMILES string of the molecule is C/C=C\C(=O)NCCCc1nc2ccccc2n1CCOc1ccccc1. The van der Waals surface area contributed by atoms with Crippen LogP contribution in [0.2, 0.25) is 0 Å². The third-order valence-corrected chi connectivity index (χ3v) is 4.25. The van der Waals surface area contributed by atoms with Crippen molar-refractivity contribution >= 4 is 16.9 Å². The average Bonchev–Trinajstić information content (AvgIpc) is 3.04. The van der Waals surface area contributed by atoms with Crippen molar-refractivity contribution in [3.63, 3.8) is 0 Å². The fourth-order valence-electron chi connectivity index (χ4n) is 3.01. The summed E-state index contributed by atoms with van der Waals surface area (Å²) in [5.41, 5.74) is 2.10. The van der Waals surface area contributed by atoms with Crippen LogP contribution in [0.5, 0.6) is 5.75 Å². The Morgan fingerprint density at radius 3 is 2.74 bits per heavy atom.